The summed E-state index contributed by atoms with van der Waals surface area (Å²) in [7, 11) is 0. The van der Waals surface area contributed by atoms with E-state index in [9.17, 15) is 4.79 Å². The number of carbonyl (C=O) groups excluding carboxylic acids is 1. The van der Waals surface area contributed by atoms with E-state index >= 15 is 0 Å². The van der Waals surface area contributed by atoms with Gasteiger partial charge in [0, 0.05) is 10.9 Å². The first-order chi connectivity index (χ1) is 7.58. The lowest BCUT2D eigenvalue weighted by Gasteiger charge is -2.11. The number of aryl methyl sites for hydroxylation is 2. The zero-order chi connectivity index (χ0) is 11.7. The molecule has 0 heterocycles. The summed E-state index contributed by atoms with van der Waals surface area (Å²) in [6.45, 7) is 4.07. The number of ether oxygens (including phenoxy) is 1. The van der Waals surface area contributed by atoms with Gasteiger partial charge < -0.3 is 4.74 Å². The van der Waals surface area contributed by atoms with Crippen LogP contribution in [0.3, 0.4) is 0 Å². The summed E-state index contributed by atoms with van der Waals surface area (Å²) in [5.41, 5.74) is 1.96. The molecule has 1 aromatic carbocycles. The summed E-state index contributed by atoms with van der Waals surface area (Å²) in [5, 5.41) is 0.705. The molecule has 1 fully saturated rings. The average molecular weight is 239 g/mol. The molecule has 1 aliphatic carbocycles. The van der Waals surface area contributed by atoms with Crippen molar-refractivity contribution in [1.82, 2.24) is 0 Å². The lowest BCUT2D eigenvalue weighted by molar-refractivity contribution is -0.122. The number of halogens is 1. The minimum Gasteiger partial charge on any atom is -0.485 e. The minimum absolute atomic E-state index is 0.188. The first-order valence-electron chi connectivity index (χ1n) is 5.50. The standard InChI is InChI=1S/C13H15ClO2/c1-8-5-11(14)6-9(2)13(8)16-7-12(15)10-3-4-10/h5-6,10H,3-4,7H2,1-2H3. The number of carbonyl (C=O) groups is 1. The van der Waals surface area contributed by atoms with Crippen molar-refractivity contribution >= 4 is 17.4 Å². The van der Waals surface area contributed by atoms with E-state index in [0.717, 1.165) is 29.7 Å². The topological polar surface area (TPSA) is 26.3 Å². The lowest BCUT2D eigenvalue weighted by Crippen LogP contribution is -2.13. The molecule has 2 rings (SSSR count). The highest BCUT2D eigenvalue weighted by Gasteiger charge is 2.29. The quantitative estimate of drug-likeness (QED) is 0.805. The van der Waals surface area contributed by atoms with E-state index in [1.807, 2.05) is 26.0 Å². The monoisotopic (exact) mass is 238 g/mol. The van der Waals surface area contributed by atoms with Crippen LogP contribution in [0.4, 0.5) is 0 Å². The van der Waals surface area contributed by atoms with Gasteiger partial charge in [0.05, 0.1) is 0 Å². The van der Waals surface area contributed by atoms with Gasteiger partial charge in [-0.15, -0.1) is 0 Å². The molecule has 0 atom stereocenters. The van der Waals surface area contributed by atoms with Crippen LogP contribution in [0.2, 0.25) is 5.02 Å². The Morgan fingerprint density at radius 3 is 2.44 bits per heavy atom. The first kappa shape index (κ1) is 11.5. The summed E-state index contributed by atoms with van der Waals surface area (Å²) >= 11 is 5.92. The molecule has 0 saturated heterocycles. The van der Waals surface area contributed by atoms with E-state index in [1.54, 1.807) is 0 Å². The highest BCUT2D eigenvalue weighted by molar-refractivity contribution is 6.30. The SMILES string of the molecule is Cc1cc(Cl)cc(C)c1OCC(=O)C1CC1. The summed E-state index contributed by atoms with van der Waals surface area (Å²) < 4.78 is 5.58. The average Bonchev–Trinajstić information content (AvgIpc) is 2.98. The Morgan fingerprint density at radius 2 is 1.94 bits per heavy atom. The molecule has 2 nitrogen and oxygen atoms in total. The van der Waals surface area contributed by atoms with Gasteiger partial charge in [0.2, 0.25) is 0 Å². The van der Waals surface area contributed by atoms with E-state index in [4.69, 9.17) is 16.3 Å². The van der Waals surface area contributed by atoms with Gasteiger partial charge in [-0.05, 0) is 49.9 Å². The van der Waals surface area contributed by atoms with Crippen LogP contribution in [0.15, 0.2) is 12.1 Å². The Morgan fingerprint density at radius 1 is 1.38 bits per heavy atom. The first-order valence-corrected chi connectivity index (χ1v) is 5.88. The zero-order valence-electron chi connectivity index (χ0n) is 9.55. The van der Waals surface area contributed by atoms with Gasteiger partial charge in [-0.2, -0.15) is 0 Å². The van der Waals surface area contributed by atoms with Gasteiger partial charge in [0.1, 0.15) is 12.4 Å². The summed E-state index contributed by atoms with van der Waals surface area (Å²) in [6, 6.07) is 3.71. The molecule has 1 saturated carbocycles. The number of rotatable bonds is 4. The predicted octanol–water partition coefficient (Wildman–Crippen LogP) is 3.31. The molecule has 0 bridgehead atoms. The summed E-state index contributed by atoms with van der Waals surface area (Å²) in [4.78, 5) is 11.5. The normalized spacial score (nSPS) is 14.9. The largest absolute Gasteiger partial charge is 0.485 e. The molecule has 1 aromatic rings. The van der Waals surface area contributed by atoms with Crippen molar-refractivity contribution in [2.75, 3.05) is 6.61 Å². The van der Waals surface area contributed by atoms with Gasteiger partial charge in [0.25, 0.3) is 0 Å². The molecule has 0 N–H and O–H groups in total. The maximum absolute atomic E-state index is 11.5. The van der Waals surface area contributed by atoms with Crippen molar-refractivity contribution in [3.63, 3.8) is 0 Å². The van der Waals surface area contributed by atoms with Crippen LogP contribution in [0.5, 0.6) is 5.75 Å². The Bertz CT molecular complexity index is 399. The van der Waals surface area contributed by atoms with Crippen molar-refractivity contribution in [1.29, 1.82) is 0 Å². The minimum atomic E-state index is 0.188. The molecule has 0 aromatic heterocycles. The van der Waals surface area contributed by atoms with E-state index in [1.165, 1.54) is 0 Å². The lowest BCUT2D eigenvalue weighted by atomic mass is 10.1. The van der Waals surface area contributed by atoms with Gasteiger partial charge in [-0.3, -0.25) is 4.79 Å². The maximum atomic E-state index is 11.5. The third kappa shape index (κ3) is 2.56. The molecule has 0 amide bonds. The fourth-order valence-electron chi connectivity index (χ4n) is 1.79. The van der Waals surface area contributed by atoms with Gasteiger partial charge in [-0.1, -0.05) is 11.6 Å². The molecule has 0 unspecified atom stereocenters. The van der Waals surface area contributed by atoms with Crippen molar-refractivity contribution in [3.05, 3.63) is 28.3 Å². The summed E-state index contributed by atoms with van der Waals surface area (Å²) in [6.07, 6.45) is 2.06. The smallest absolute Gasteiger partial charge is 0.173 e. The predicted molar refractivity (Wildman–Crippen MR) is 64.2 cm³/mol. The maximum Gasteiger partial charge on any atom is 0.173 e. The second-order valence-corrected chi connectivity index (χ2v) is 4.83. The Balaban J connectivity index is 2.05. The number of hydrogen-bond donors (Lipinski definition) is 0. The molecule has 16 heavy (non-hydrogen) atoms. The van der Waals surface area contributed by atoms with Crippen LogP contribution >= 0.6 is 11.6 Å². The molecule has 86 valence electrons. The van der Waals surface area contributed by atoms with Crippen LogP contribution in [0, 0.1) is 19.8 Å². The van der Waals surface area contributed by atoms with E-state index in [0.29, 0.717) is 5.02 Å². The molecule has 0 spiro atoms. The molecular weight excluding hydrogens is 224 g/mol. The Labute approximate surface area is 101 Å². The highest BCUT2D eigenvalue weighted by atomic mass is 35.5. The molecule has 1 aliphatic rings. The molecule has 0 aliphatic heterocycles. The van der Waals surface area contributed by atoms with Crippen LogP contribution in [0.1, 0.15) is 24.0 Å². The van der Waals surface area contributed by atoms with Crippen LogP contribution in [0.25, 0.3) is 0 Å². The zero-order valence-corrected chi connectivity index (χ0v) is 10.3. The highest BCUT2D eigenvalue weighted by Crippen LogP contribution is 2.31. The third-order valence-corrected chi connectivity index (χ3v) is 3.03. The van der Waals surface area contributed by atoms with Gasteiger partial charge >= 0.3 is 0 Å². The number of hydrogen-bond acceptors (Lipinski definition) is 2. The van der Waals surface area contributed by atoms with Gasteiger partial charge in [0.15, 0.2) is 5.78 Å². The number of ketones is 1. The Kier molecular flexibility index (Phi) is 3.20. The molecular formula is C13H15ClO2. The molecule has 3 heteroatoms. The van der Waals surface area contributed by atoms with E-state index < -0.39 is 0 Å². The van der Waals surface area contributed by atoms with Crippen LogP contribution < -0.4 is 4.74 Å². The Hall–Kier alpha value is -1.02. The second-order valence-electron chi connectivity index (χ2n) is 4.40. The van der Waals surface area contributed by atoms with Gasteiger partial charge in [-0.25, -0.2) is 0 Å². The van der Waals surface area contributed by atoms with Crippen molar-refractivity contribution in [2.45, 2.75) is 26.7 Å². The van der Waals surface area contributed by atoms with Crippen molar-refractivity contribution in [3.8, 4) is 5.75 Å². The second kappa shape index (κ2) is 4.46. The van der Waals surface area contributed by atoms with E-state index in [2.05, 4.69) is 0 Å². The number of Topliss-reactive ketones (excluding diaryl/α,β-unsaturated/α-hetero) is 1. The van der Waals surface area contributed by atoms with Crippen LogP contribution in [-0.2, 0) is 4.79 Å². The van der Waals surface area contributed by atoms with E-state index in [-0.39, 0.29) is 18.3 Å². The van der Waals surface area contributed by atoms with Crippen molar-refractivity contribution in [2.24, 2.45) is 5.92 Å². The fourth-order valence-corrected chi connectivity index (χ4v) is 2.12. The summed E-state index contributed by atoms with van der Waals surface area (Å²) in [5.74, 6) is 1.26. The number of benzene rings is 1. The third-order valence-electron chi connectivity index (χ3n) is 2.82. The fraction of sp³-hybridized carbons (Fsp3) is 0.462. The molecule has 0 radical (unpaired) electrons. The van der Waals surface area contributed by atoms with Crippen LogP contribution in [-0.4, -0.2) is 12.4 Å². The van der Waals surface area contributed by atoms with Crippen molar-refractivity contribution < 1.29 is 9.53 Å².